The summed E-state index contributed by atoms with van der Waals surface area (Å²) in [5.74, 6) is 3.15. The van der Waals surface area contributed by atoms with Crippen LogP contribution in [-0.2, 0) is 16.2 Å². The third-order valence-corrected chi connectivity index (χ3v) is 13.7. The molecule has 1 aliphatic heterocycles. The Balaban J connectivity index is 1.15. The summed E-state index contributed by atoms with van der Waals surface area (Å²) in [5, 5.41) is 2.38. The number of hydrogen-bond acceptors (Lipinski definition) is 4. The zero-order valence-corrected chi connectivity index (χ0v) is 41.1. The number of nitrogens with zero attached hydrogens (tertiary/aromatic N) is 4. The molecule has 0 spiro atoms. The number of rotatable bonds is 10. The molecule has 336 valence electrons. The first kappa shape index (κ1) is 44.6. The van der Waals surface area contributed by atoms with Crippen LogP contribution in [0.2, 0.25) is 0 Å². The van der Waals surface area contributed by atoms with E-state index in [1.807, 2.05) is 6.20 Å². The van der Waals surface area contributed by atoms with E-state index in [-0.39, 0.29) is 16.2 Å². The Morgan fingerprint density at radius 3 is 1.83 bits per heavy atom. The highest BCUT2D eigenvalue weighted by atomic mass is 16.5. The van der Waals surface area contributed by atoms with Gasteiger partial charge in [-0.1, -0.05) is 150 Å². The zero-order chi connectivity index (χ0) is 46.7. The summed E-state index contributed by atoms with van der Waals surface area (Å²) in [6, 6.07) is 51.2. The van der Waals surface area contributed by atoms with E-state index in [0.717, 1.165) is 45.3 Å². The van der Waals surface area contributed by atoms with Crippen molar-refractivity contribution in [2.45, 2.75) is 111 Å². The van der Waals surface area contributed by atoms with Gasteiger partial charge in [0.05, 0.1) is 17.7 Å². The van der Waals surface area contributed by atoms with E-state index in [2.05, 4.69) is 249 Å². The number of pyridine rings is 1. The molecule has 0 saturated carbocycles. The van der Waals surface area contributed by atoms with Crippen LogP contribution in [0.3, 0.4) is 0 Å². The summed E-state index contributed by atoms with van der Waals surface area (Å²) < 4.78 is 9.41. The number of aromatic nitrogens is 2. The fourth-order valence-corrected chi connectivity index (χ4v) is 9.61. The van der Waals surface area contributed by atoms with Gasteiger partial charge in [0.2, 0.25) is 0 Å². The summed E-state index contributed by atoms with van der Waals surface area (Å²) in [7, 11) is 0. The quantitative estimate of drug-likeness (QED) is 0.137. The van der Waals surface area contributed by atoms with E-state index in [0.29, 0.717) is 18.5 Å². The summed E-state index contributed by atoms with van der Waals surface area (Å²) in [5.41, 5.74) is 14.5. The average Bonchev–Trinajstić information content (AvgIpc) is 3.92. The molecular formula is C61H66N4O. The molecule has 1 aliphatic rings. The van der Waals surface area contributed by atoms with Crippen molar-refractivity contribution in [3.05, 3.63) is 192 Å². The van der Waals surface area contributed by atoms with Crippen LogP contribution in [0.5, 0.6) is 11.5 Å². The van der Waals surface area contributed by atoms with Crippen LogP contribution >= 0.6 is 0 Å². The second-order valence-corrected chi connectivity index (χ2v) is 21.5. The van der Waals surface area contributed by atoms with E-state index < -0.39 is 0 Å². The molecule has 0 bridgehead atoms. The molecule has 5 heteroatoms. The molecule has 9 rings (SSSR count). The van der Waals surface area contributed by atoms with Gasteiger partial charge in [-0.25, -0.2) is 4.98 Å². The molecule has 2 aromatic heterocycles. The molecule has 5 nitrogen and oxygen atoms in total. The molecule has 0 N–H and O–H groups in total. The molecule has 8 aromatic rings. The largest absolute Gasteiger partial charge is 0.457 e. The lowest BCUT2D eigenvalue weighted by molar-refractivity contribution is 0.483. The number of fused-ring (bicyclic) bond motifs is 3. The molecule has 0 fully saturated rings. The highest BCUT2D eigenvalue weighted by Crippen LogP contribution is 2.43. The van der Waals surface area contributed by atoms with Gasteiger partial charge >= 0.3 is 0 Å². The van der Waals surface area contributed by atoms with Crippen LogP contribution in [-0.4, -0.2) is 16.2 Å². The van der Waals surface area contributed by atoms with Gasteiger partial charge in [-0.05, 0) is 128 Å². The Morgan fingerprint density at radius 2 is 1.15 bits per heavy atom. The number of benzene rings is 6. The van der Waals surface area contributed by atoms with E-state index in [1.165, 1.54) is 49.7 Å². The molecule has 0 saturated heterocycles. The summed E-state index contributed by atoms with van der Waals surface area (Å²) in [6.45, 7) is 28.1. The SMILES string of the molecule is CC(C)c1cccc(C(C)C)c1-c1cc(Oc2ccc3c4cc(C(C)(C)C)ccc4n(-c4cc(C(C)(C)C)ccn4)c3c2)cc(N2C=CN(c3cccc(C(C)(C)c4ccccc4)c3)C2)c1. The van der Waals surface area contributed by atoms with Gasteiger partial charge in [-0.15, -0.1) is 0 Å². The van der Waals surface area contributed by atoms with Crippen molar-refractivity contribution in [2.24, 2.45) is 0 Å². The Labute approximate surface area is 393 Å². The van der Waals surface area contributed by atoms with Crippen molar-refractivity contribution in [1.29, 1.82) is 0 Å². The van der Waals surface area contributed by atoms with Crippen LogP contribution in [0.15, 0.2) is 158 Å². The minimum absolute atomic E-state index is 0.00724. The Kier molecular flexibility index (Phi) is 11.5. The second-order valence-electron chi connectivity index (χ2n) is 21.5. The lowest BCUT2D eigenvalue weighted by atomic mass is 9.78. The van der Waals surface area contributed by atoms with Gasteiger partial charge in [-0.3, -0.25) is 4.57 Å². The Morgan fingerprint density at radius 1 is 0.500 bits per heavy atom. The zero-order valence-electron chi connectivity index (χ0n) is 41.1. The van der Waals surface area contributed by atoms with Gasteiger partial charge in [0.1, 0.15) is 17.3 Å². The van der Waals surface area contributed by atoms with Crippen molar-refractivity contribution in [3.63, 3.8) is 0 Å². The van der Waals surface area contributed by atoms with Crippen LogP contribution in [0.1, 0.15) is 128 Å². The van der Waals surface area contributed by atoms with Gasteiger partial charge < -0.3 is 14.5 Å². The highest BCUT2D eigenvalue weighted by molar-refractivity contribution is 6.09. The first-order chi connectivity index (χ1) is 31.4. The van der Waals surface area contributed by atoms with Crippen LogP contribution in [0, 0.1) is 0 Å². The lowest BCUT2D eigenvalue weighted by Crippen LogP contribution is -2.25. The molecule has 0 atom stereocenters. The molecule has 0 amide bonds. The predicted octanol–water partition coefficient (Wildman–Crippen LogP) is 16.6. The molecule has 0 aliphatic carbocycles. The third-order valence-electron chi connectivity index (χ3n) is 13.7. The van der Waals surface area contributed by atoms with Gasteiger partial charge in [0.25, 0.3) is 0 Å². The van der Waals surface area contributed by atoms with Crippen molar-refractivity contribution in [3.8, 4) is 28.4 Å². The topological polar surface area (TPSA) is 33.5 Å². The van der Waals surface area contributed by atoms with Gasteiger partial charge in [0.15, 0.2) is 0 Å². The molecule has 0 radical (unpaired) electrons. The summed E-state index contributed by atoms with van der Waals surface area (Å²) in [4.78, 5) is 9.66. The lowest BCUT2D eigenvalue weighted by Gasteiger charge is -2.28. The van der Waals surface area contributed by atoms with Crippen molar-refractivity contribution in [2.75, 3.05) is 16.5 Å². The number of anilines is 2. The molecule has 3 heterocycles. The van der Waals surface area contributed by atoms with Crippen molar-refractivity contribution < 1.29 is 4.74 Å². The maximum Gasteiger partial charge on any atom is 0.137 e. The molecule has 6 aromatic carbocycles. The summed E-state index contributed by atoms with van der Waals surface area (Å²) >= 11 is 0. The van der Waals surface area contributed by atoms with E-state index in [1.54, 1.807) is 0 Å². The van der Waals surface area contributed by atoms with Gasteiger partial charge in [-0.2, -0.15) is 0 Å². The van der Waals surface area contributed by atoms with E-state index >= 15 is 0 Å². The van der Waals surface area contributed by atoms with Crippen LogP contribution < -0.4 is 14.5 Å². The first-order valence-corrected chi connectivity index (χ1v) is 23.8. The highest BCUT2D eigenvalue weighted by Gasteiger charge is 2.26. The molecular weight excluding hydrogens is 805 g/mol. The summed E-state index contributed by atoms with van der Waals surface area (Å²) in [6.07, 6.45) is 6.34. The molecule has 66 heavy (non-hydrogen) atoms. The monoisotopic (exact) mass is 871 g/mol. The second kappa shape index (κ2) is 17.0. The van der Waals surface area contributed by atoms with Crippen molar-refractivity contribution in [1.82, 2.24) is 9.55 Å². The van der Waals surface area contributed by atoms with E-state index in [4.69, 9.17) is 9.72 Å². The number of ether oxygens (including phenoxy) is 1. The van der Waals surface area contributed by atoms with Crippen LogP contribution in [0.25, 0.3) is 38.8 Å². The van der Waals surface area contributed by atoms with Crippen molar-refractivity contribution >= 4 is 33.2 Å². The van der Waals surface area contributed by atoms with Crippen LogP contribution in [0.4, 0.5) is 11.4 Å². The van der Waals surface area contributed by atoms with Gasteiger partial charge in [0, 0.05) is 58.3 Å². The minimum atomic E-state index is -0.140. The smallest absolute Gasteiger partial charge is 0.137 e. The Hall–Kier alpha value is -6.59. The predicted molar refractivity (Wildman–Crippen MR) is 280 cm³/mol. The Bertz CT molecular complexity index is 3070. The normalized spacial score (nSPS) is 13.5. The maximum absolute atomic E-state index is 7.10. The first-order valence-electron chi connectivity index (χ1n) is 23.8. The fraction of sp³-hybridized carbons (Fsp3) is 0.295. The maximum atomic E-state index is 7.10. The standard InChI is InChI=1S/C61H66N4O/c1-40(2)51-22-17-23-52(41(3)4)58(51)42-32-48(64-31-30-63(39-64)47-21-16-20-46(34-47)61(11,12)43-18-14-13-15-19-43)37-50(33-42)66-49-25-26-53-54-35-44(59(5,6)7)24-27-55(54)65(56(53)38-49)57-36-45(28-29-62-57)60(8,9)10/h13-38,40-41H,39H2,1-12H3. The average molecular weight is 871 g/mol. The van der Waals surface area contributed by atoms with E-state index in [9.17, 15) is 0 Å². The third kappa shape index (κ3) is 8.52. The molecule has 0 unspecified atom stereocenters. The number of hydrogen-bond donors (Lipinski definition) is 0. The fourth-order valence-electron chi connectivity index (χ4n) is 9.61. The minimum Gasteiger partial charge on any atom is -0.457 e.